The summed E-state index contributed by atoms with van der Waals surface area (Å²) in [5.74, 6) is 0.192. The van der Waals surface area contributed by atoms with Crippen LogP contribution in [0, 0.1) is 0 Å². The van der Waals surface area contributed by atoms with Gasteiger partial charge in [-0.25, -0.2) is 9.78 Å². The van der Waals surface area contributed by atoms with E-state index in [1.807, 2.05) is 30.3 Å². The van der Waals surface area contributed by atoms with Crippen molar-refractivity contribution in [2.75, 3.05) is 23.4 Å². The van der Waals surface area contributed by atoms with Crippen molar-refractivity contribution in [1.29, 1.82) is 0 Å². The second-order valence-corrected chi connectivity index (χ2v) is 5.46. The molecule has 1 N–H and O–H groups in total. The highest BCUT2D eigenvalue weighted by Gasteiger charge is 2.32. The van der Waals surface area contributed by atoms with Crippen LogP contribution >= 0.6 is 0 Å². The SMILES string of the molecule is CCOC(=O)c1ccc(NC2CCN(c3ccccc3)C2=O)nc1. The Morgan fingerprint density at radius 3 is 2.75 bits per heavy atom. The molecule has 24 heavy (non-hydrogen) atoms. The third-order valence-electron chi connectivity index (χ3n) is 3.87. The van der Waals surface area contributed by atoms with Crippen LogP contribution in [0.1, 0.15) is 23.7 Å². The van der Waals surface area contributed by atoms with Crippen LogP contribution in [0.15, 0.2) is 48.7 Å². The molecule has 0 spiro atoms. The summed E-state index contributed by atoms with van der Waals surface area (Å²) in [4.78, 5) is 30.1. The number of hydrogen-bond acceptors (Lipinski definition) is 5. The first-order chi connectivity index (χ1) is 11.7. The van der Waals surface area contributed by atoms with Crippen molar-refractivity contribution in [2.24, 2.45) is 0 Å². The topological polar surface area (TPSA) is 71.5 Å². The number of esters is 1. The van der Waals surface area contributed by atoms with Gasteiger partial charge in [0.1, 0.15) is 11.9 Å². The maximum atomic E-state index is 12.5. The van der Waals surface area contributed by atoms with Crippen molar-refractivity contribution < 1.29 is 14.3 Å². The minimum Gasteiger partial charge on any atom is -0.462 e. The molecule has 2 aromatic rings. The van der Waals surface area contributed by atoms with Gasteiger partial charge in [0, 0.05) is 18.4 Å². The van der Waals surface area contributed by atoms with Crippen LogP contribution in [0.5, 0.6) is 0 Å². The average Bonchev–Trinajstić information content (AvgIpc) is 2.97. The zero-order valence-electron chi connectivity index (χ0n) is 13.4. The number of carbonyl (C=O) groups is 2. The Bertz CT molecular complexity index is 716. The lowest BCUT2D eigenvalue weighted by Crippen LogP contribution is -2.33. The Morgan fingerprint density at radius 1 is 1.29 bits per heavy atom. The molecular formula is C18H19N3O3. The fraction of sp³-hybridized carbons (Fsp3) is 0.278. The number of pyridine rings is 1. The lowest BCUT2D eigenvalue weighted by Gasteiger charge is -2.17. The molecule has 1 aliphatic rings. The van der Waals surface area contributed by atoms with Crippen molar-refractivity contribution in [3.05, 3.63) is 54.2 Å². The summed E-state index contributed by atoms with van der Waals surface area (Å²) in [7, 11) is 0. The predicted molar refractivity (Wildman–Crippen MR) is 91.0 cm³/mol. The van der Waals surface area contributed by atoms with Crippen LogP contribution in [-0.2, 0) is 9.53 Å². The third kappa shape index (κ3) is 3.37. The molecule has 1 saturated heterocycles. The Hall–Kier alpha value is -2.89. The summed E-state index contributed by atoms with van der Waals surface area (Å²) in [6.07, 6.45) is 2.16. The number of hydrogen-bond donors (Lipinski definition) is 1. The molecular weight excluding hydrogens is 306 g/mol. The molecule has 6 heteroatoms. The summed E-state index contributed by atoms with van der Waals surface area (Å²) >= 11 is 0. The van der Waals surface area contributed by atoms with Crippen molar-refractivity contribution in [3.8, 4) is 0 Å². The zero-order valence-corrected chi connectivity index (χ0v) is 13.4. The Kier molecular flexibility index (Phi) is 4.74. The van der Waals surface area contributed by atoms with Crippen LogP contribution in [0.4, 0.5) is 11.5 Å². The molecule has 124 valence electrons. The van der Waals surface area contributed by atoms with Gasteiger partial charge in [-0.05, 0) is 37.6 Å². The fourth-order valence-corrected chi connectivity index (χ4v) is 2.67. The Balaban J connectivity index is 1.64. The first kappa shape index (κ1) is 16.0. The van der Waals surface area contributed by atoms with Gasteiger partial charge in [0.15, 0.2) is 0 Å². The van der Waals surface area contributed by atoms with Gasteiger partial charge in [0.25, 0.3) is 0 Å². The van der Waals surface area contributed by atoms with E-state index >= 15 is 0 Å². The molecule has 3 rings (SSSR count). The number of ether oxygens (including phenoxy) is 1. The number of benzene rings is 1. The standard InChI is InChI=1S/C18H19N3O3/c1-2-24-18(23)13-8-9-16(19-12-13)20-15-10-11-21(17(15)22)14-6-4-3-5-7-14/h3-9,12,15H,2,10-11H2,1H3,(H,19,20). The smallest absolute Gasteiger partial charge is 0.339 e. The van der Waals surface area contributed by atoms with E-state index in [1.165, 1.54) is 6.20 Å². The Labute approximate surface area is 140 Å². The maximum absolute atomic E-state index is 12.5. The number of para-hydroxylation sites is 1. The first-order valence-corrected chi connectivity index (χ1v) is 7.95. The molecule has 0 radical (unpaired) electrons. The minimum atomic E-state index is -0.399. The highest BCUT2D eigenvalue weighted by molar-refractivity contribution is 6.00. The monoisotopic (exact) mass is 325 g/mol. The number of amides is 1. The van der Waals surface area contributed by atoms with E-state index in [4.69, 9.17) is 4.74 Å². The second kappa shape index (κ2) is 7.12. The molecule has 1 fully saturated rings. The summed E-state index contributed by atoms with van der Waals surface area (Å²) in [5.41, 5.74) is 1.29. The number of nitrogens with zero attached hydrogens (tertiary/aromatic N) is 2. The molecule has 0 bridgehead atoms. The number of anilines is 2. The van der Waals surface area contributed by atoms with Gasteiger partial charge in [0.2, 0.25) is 5.91 Å². The second-order valence-electron chi connectivity index (χ2n) is 5.46. The van der Waals surface area contributed by atoms with E-state index in [0.29, 0.717) is 31.0 Å². The van der Waals surface area contributed by atoms with E-state index in [2.05, 4.69) is 10.3 Å². The summed E-state index contributed by atoms with van der Waals surface area (Å²) < 4.78 is 4.92. The molecule has 1 atom stereocenters. The van der Waals surface area contributed by atoms with Gasteiger partial charge in [-0.2, -0.15) is 0 Å². The van der Waals surface area contributed by atoms with Gasteiger partial charge >= 0.3 is 5.97 Å². The van der Waals surface area contributed by atoms with Gasteiger partial charge in [-0.15, -0.1) is 0 Å². The normalized spacial score (nSPS) is 17.0. The van der Waals surface area contributed by atoms with E-state index < -0.39 is 5.97 Å². The highest BCUT2D eigenvalue weighted by Crippen LogP contribution is 2.23. The van der Waals surface area contributed by atoms with Crippen molar-refractivity contribution in [2.45, 2.75) is 19.4 Å². The van der Waals surface area contributed by atoms with Gasteiger partial charge in [0.05, 0.1) is 12.2 Å². The molecule has 2 heterocycles. The molecule has 1 aliphatic heterocycles. The van der Waals surface area contributed by atoms with Crippen LogP contribution in [0.2, 0.25) is 0 Å². The fourth-order valence-electron chi connectivity index (χ4n) is 2.67. The van der Waals surface area contributed by atoms with E-state index in [1.54, 1.807) is 24.0 Å². The van der Waals surface area contributed by atoms with Gasteiger partial charge in [-0.3, -0.25) is 4.79 Å². The van der Waals surface area contributed by atoms with E-state index in [0.717, 1.165) is 5.69 Å². The molecule has 1 unspecified atom stereocenters. The van der Waals surface area contributed by atoms with Crippen molar-refractivity contribution in [1.82, 2.24) is 4.98 Å². The summed E-state index contributed by atoms with van der Waals surface area (Å²) in [5, 5.41) is 3.13. The maximum Gasteiger partial charge on any atom is 0.339 e. The average molecular weight is 325 g/mol. The molecule has 1 aromatic carbocycles. The van der Waals surface area contributed by atoms with Crippen LogP contribution in [-0.4, -0.2) is 36.1 Å². The van der Waals surface area contributed by atoms with Gasteiger partial charge in [-0.1, -0.05) is 18.2 Å². The molecule has 0 aliphatic carbocycles. The predicted octanol–water partition coefficient (Wildman–Crippen LogP) is 2.48. The van der Waals surface area contributed by atoms with E-state index in [-0.39, 0.29) is 11.9 Å². The molecule has 1 amide bonds. The third-order valence-corrected chi connectivity index (χ3v) is 3.87. The summed E-state index contributed by atoms with van der Waals surface area (Å²) in [6, 6.07) is 12.6. The quantitative estimate of drug-likeness (QED) is 0.855. The molecule has 1 aromatic heterocycles. The zero-order chi connectivity index (χ0) is 16.9. The van der Waals surface area contributed by atoms with Crippen LogP contribution in [0.3, 0.4) is 0 Å². The minimum absolute atomic E-state index is 0.0254. The lowest BCUT2D eigenvalue weighted by molar-refractivity contribution is -0.117. The number of rotatable bonds is 5. The lowest BCUT2D eigenvalue weighted by atomic mass is 10.2. The summed E-state index contributed by atoms with van der Waals surface area (Å²) in [6.45, 7) is 2.75. The van der Waals surface area contributed by atoms with Crippen LogP contribution < -0.4 is 10.2 Å². The number of aromatic nitrogens is 1. The van der Waals surface area contributed by atoms with Crippen molar-refractivity contribution >= 4 is 23.4 Å². The Morgan fingerprint density at radius 2 is 2.08 bits per heavy atom. The van der Waals surface area contributed by atoms with E-state index in [9.17, 15) is 9.59 Å². The van der Waals surface area contributed by atoms with Crippen LogP contribution in [0.25, 0.3) is 0 Å². The largest absolute Gasteiger partial charge is 0.462 e. The van der Waals surface area contributed by atoms with Crippen molar-refractivity contribution in [3.63, 3.8) is 0 Å². The molecule has 6 nitrogen and oxygen atoms in total. The molecule has 0 saturated carbocycles. The first-order valence-electron chi connectivity index (χ1n) is 7.95. The number of carbonyl (C=O) groups excluding carboxylic acids is 2. The number of nitrogens with one attached hydrogen (secondary N) is 1. The van der Waals surface area contributed by atoms with Gasteiger partial charge < -0.3 is 15.0 Å². The highest BCUT2D eigenvalue weighted by atomic mass is 16.5.